The number of nitrogens with zero attached hydrogens (tertiary/aromatic N) is 3. The molecule has 1 fully saturated rings. The second kappa shape index (κ2) is 9.30. The summed E-state index contributed by atoms with van der Waals surface area (Å²) in [6.07, 6.45) is 1.22. The Bertz CT molecular complexity index is 1220. The number of sulfonamides is 1. The lowest BCUT2D eigenvalue weighted by Crippen LogP contribution is -2.42. The van der Waals surface area contributed by atoms with E-state index in [2.05, 4.69) is 10.1 Å². The summed E-state index contributed by atoms with van der Waals surface area (Å²) >= 11 is 7.19. The predicted molar refractivity (Wildman–Crippen MR) is 121 cm³/mol. The number of aromatic nitrogens is 2. The second-order valence-corrected chi connectivity index (χ2v) is 11.0. The number of thiophene rings is 1. The van der Waals surface area contributed by atoms with E-state index in [1.165, 1.54) is 15.6 Å². The number of piperidine rings is 1. The zero-order chi connectivity index (χ0) is 22.9. The van der Waals surface area contributed by atoms with Crippen molar-refractivity contribution in [3.05, 3.63) is 40.2 Å². The van der Waals surface area contributed by atoms with Crippen LogP contribution in [0.4, 0.5) is 0 Å². The molecule has 0 N–H and O–H groups in total. The molecule has 1 aliphatic rings. The van der Waals surface area contributed by atoms with Crippen LogP contribution in [0.5, 0.6) is 0 Å². The molecule has 0 radical (unpaired) electrons. The van der Waals surface area contributed by atoms with Gasteiger partial charge in [-0.15, -0.1) is 11.3 Å². The van der Waals surface area contributed by atoms with Crippen molar-refractivity contribution in [1.82, 2.24) is 14.4 Å². The summed E-state index contributed by atoms with van der Waals surface area (Å²) in [4.78, 5) is 17.9. The summed E-state index contributed by atoms with van der Waals surface area (Å²) in [7, 11) is -3.78. The van der Waals surface area contributed by atoms with E-state index in [1.54, 1.807) is 44.2 Å². The van der Waals surface area contributed by atoms with Crippen LogP contribution in [0.15, 0.2) is 39.8 Å². The monoisotopic (exact) mass is 495 g/mol. The first-order valence-electron chi connectivity index (χ1n) is 10.2. The molecule has 0 amide bonds. The van der Waals surface area contributed by atoms with Gasteiger partial charge in [-0.2, -0.15) is 9.29 Å². The van der Waals surface area contributed by atoms with Gasteiger partial charge in [0, 0.05) is 28.6 Å². The van der Waals surface area contributed by atoms with Crippen LogP contribution in [0.2, 0.25) is 5.02 Å². The summed E-state index contributed by atoms with van der Waals surface area (Å²) < 4.78 is 38.5. The zero-order valence-electron chi connectivity index (χ0n) is 17.6. The Morgan fingerprint density at radius 2 is 2.09 bits per heavy atom. The van der Waals surface area contributed by atoms with Crippen LogP contribution in [0.3, 0.4) is 0 Å². The Labute approximate surface area is 195 Å². The topological polar surface area (TPSA) is 103 Å². The molecule has 0 bridgehead atoms. The van der Waals surface area contributed by atoms with Crippen molar-refractivity contribution in [2.24, 2.45) is 5.92 Å². The average Bonchev–Trinajstić information content (AvgIpc) is 3.42. The Balaban J connectivity index is 1.58. The molecule has 11 heteroatoms. The van der Waals surface area contributed by atoms with E-state index in [4.69, 9.17) is 20.9 Å². The minimum Gasteiger partial charge on any atom is -0.466 e. The van der Waals surface area contributed by atoms with Crippen LogP contribution in [-0.2, 0) is 19.6 Å². The molecule has 170 valence electrons. The van der Waals surface area contributed by atoms with Crippen LogP contribution in [0.1, 0.15) is 24.6 Å². The van der Waals surface area contributed by atoms with Gasteiger partial charge in [-0.05, 0) is 57.0 Å². The lowest BCUT2D eigenvalue weighted by Gasteiger charge is -2.30. The molecule has 1 aliphatic heterocycles. The molecule has 0 spiro atoms. The molecule has 0 saturated carbocycles. The minimum atomic E-state index is -3.78. The van der Waals surface area contributed by atoms with Gasteiger partial charge in [0.15, 0.2) is 0 Å². The minimum absolute atomic E-state index is 0.118. The molecular formula is C21H22ClN3O5S2. The van der Waals surface area contributed by atoms with Gasteiger partial charge in [0.1, 0.15) is 0 Å². The van der Waals surface area contributed by atoms with Gasteiger partial charge in [0.2, 0.25) is 15.8 Å². The van der Waals surface area contributed by atoms with E-state index in [0.29, 0.717) is 40.0 Å². The maximum atomic E-state index is 13.3. The summed E-state index contributed by atoms with van der Waals surface area (Å²) in [5.41, 5.74) is 0.740. The number of halogens is 1. The molecule has 1 aromatic carbocycles. The highest BCUT2D eigenvalue weighted by Gasteiger charge is 2.35. The quantitative estimate of drug-likeness (QED) is 0.467. The van der Waals surface area contributed by atoms with E-state index in [-0.39, 0.29) is 29.9 Å². The average molecular weight is 496 g/mol. The molecule has 0 aliphatic carbocycles. The molecule has 4 rings (SSSR count). The van der Waals surface area contributed by atoms with Gasteiger partial charge in [0.25, 0.3) is 5.89 Å². The van der Waals surface area contributed by atoms with Crippen molar-refractivity contribution >= 4 is 38.9 Å². The third-order valence-electron chi connectivity index (χ3n) is 5.23. The van der Waals surface area contributed by atoms with E-state index in [9.17, 15) is 13.2 Å². The first-order valence-corrected chi connectivity index (χ1v) is 12.8. The van der Waals surface area contributed by atoms with E-state index < -0.39 is 15.9 Å². The molecular weight excluding hydrogens is 474 g/mol. The summed E-state index contributed by atoms with van der Waals surface area (Å²) in [5, 5.41) is 4.60. The summed E-state index contributed by atoms with van der Waals surface area (Å²) in [6.45, 7) is 4.24. The van der Waals surface area contributed by atoms with Crippen LogP contribution in [0.25, 0.3) is 22.2 Å². The van der Waals surface area contributed by atoms with Crippen molar-refractivity contribution in [1.29, 1.82) is 0 Å². The van der Waals surface area contributed by atoms with Gasteiger partial charge in [-0.3, -0.25) is 4.79 Å². The number of benzene rings is 1. The molecule has 0 unspecified atom stereocenters. The standard InChI is InChI=1S/C21H22ClN3O5S2/c1-3-29-21(26)15-5-4-10-25(12-15)32(27,28)18-11-17(31-13(18)2)20-23-19(24-30-20)14-6-8-16(22)9-7-14/h6-9,11,15H,3-5,10,12H2,1-2H3/t15-/m1/s1. The largest absolute Gasteiger partial charge is 0.466 e. The van der Waals surface area contributed by atoms with E-state index >= 15 is 0 Å². The molecule has 32 heavy (non-hydrogen) atoms. The summed E-state index contributed by atoms with van der Waals surface area (Å²) in [5.74, 6) is -0.168. The summed E-state index contributed by atoms with van der Waals surface area (Å²) in [6, 6.07) is 8.58. The number of carbonyl (C=O) groups is 1. The lowest BCUT2D eigenvalue weighted by atomic mass is 10.0. The smallest absolute Gasteiger partial charge is 0.310 e. The van der Waals surface area contributed by atoms with Crippen molar-refractivity contribution in [3.63, 3.8) is 0 Å². The normalized spacial score (nSPS) is 17.4. The van der Waals surface area contributed by atoms with Crippen LogP contribution < -0.4 is 0 Å². The Kier molecular flexibility index (Phi) is 6.66. The fourth-order valence-corrected chi connectivity index (χ4v) is 6.75. The molecule has 8 nitrogen and oxygen atoms in total. The number of ether oxygens (including phenoxy) is 1. The highest BCUT2D eigenvalue weighted by atomic mass is 35.5. The number of esters is 1. The molecule has 3 heterocycles. The number of rotatable bonds is 6. The zero-order valence-corrected chi connectivity index (χ0v) is 20.0. The van der Waals surface area contributed by atoms with Crippen LogP contribution in [-0.4, -0.2) is 48.5 Å². The van der Waals surface area contributed by atoms with E-state index in [1.807, 2.05) is 0 Å². The van der Waals surface area contributed by atoms with Gasteiger partial charge < -0.3 is 9.26 Å². The Morgan fingerprint density at radius 3 is 2.81 bits per heavy atom. The van der Waals surface area contributed by atoms with Crippen LogP contribution >= 0.6 is 22.9 Å². The first-order chi connectivity index (χ1) is 15.3. The number of hydrogen-bond acceptors (Lipinski definition) is 8. The van der Waals surface area contributed by atoms with Crippen molar-refractivity contribution in [2.75, 3.05) is 19.7 Å². The van der Waals surface area contributed by atoms with Gasteiger partial charge in [-0.1, -0.05) is 16.8 Å². The highest BCUT2D eigenvalue weighted by Crippen LogP contribution is 2.36. The van der Waals surface area contributed by atoms with Gasteiger partial charge in [0.05, 0.1) is 22.3 Å². The third-order valence-corrected chi connectivity index (χ3v) is 8.64. The third kappa shape index (κ3) is 4.59. The Morgan fingerprint density at radius 1 is 1.34 bits per heavy atom. The van der Waals surface area contributed by atoms with Crippen molar-refractivity contribution in [3.8, 4) is 22.2 Å². The van der Waals surface area contributed by atoms with E-state index in [0.717, 1.165) is 5.56 Å². The molecule has 1 saturated heterocycles. The molecule has 1 atom stereocenters. The fraction of sp³-hybridized carbons (Fsp3) is 0.381. The molecule has 3 aromatic rings. The fourth-order valence-electron chi connectivity index (χ4n) is 3.62. The van der Waals surface area contributed by atoms with Gasteiger partial charge in [-0.25, -0.2) is 8.42 Å². The maximum Gasteiger partial charge on any atom is 0.310 e. The second-order valence-electron chi connectivity index (χ2n) is 7.42. The Hall–Kier alpha value is -2.27. The predicted octanol–water partition coefficient (Wildman–Crippen LogP) is 4.39. The molecule has 2 aromatic heterocycles. The van der Waals surface area contributed by atoms with Crippen LogP contribution in [0, 0.1) is 12.8 Å². The van der Waals surface area contributed by atoms with Crippen molar-refractivity contribution < 1.29 is 22.5 Å². The van der Waals surface area contributed by atoms with Gasteiger partial charge >= 0.3 is 5.97 Å². The number of carbonyl (C=O) groups excluding carboxylic acids is 1. The number of aryl methyl sites for hydroxylation is 1. The maximum absolute atomic E-state index is 13.3. The first kappa shape index (κ1) is 22.9. The SMILES string of the molecule is CCOC(=O)[C@@H]1CCCN(S(=O)(=O)c2cc(-c3nc(-c4ccc(Cl)cc4)no3)sc2C)C1. The number of hydrogen-bond donors (Lipinski definition) is 0. The highest BCUT2D eigenvalue weighted by molar-refractivity contribution is 7.89. The van der Waals surface area contributed by atoms with Crippen molar-refractivity contribution in [2.45, 2.75) is 31.6 Å². The lowest BCUT2D eigenvalue weighted by molar-refractivity contribution is -0.149.